The van der Waals surface area contributed by atoms with Gasteiger partial charge in [-0.05, 0) is 60.2 Å². The van der Waals surface area contributed by atoms with Crippen molar-refractivity contribution < 1.29 is 0 Å². The molecule has 6 heteroatoms. The molecule has 3 aromatic rings. The molecule has 0 bridgehead atoms. The number of halogens is 3. The van der Waals surface area contributed by atoms with Gasteiger partial charge in [0, 0.05) is 35.4 Å². The minimum absolute atomic E-state index is 0.0929. The standard InChI is InChI=1S/C23H18Cl3N3/c24-18-5-3-17(4-6-18)23-15-28(20-8-1-16(14-27)2-9-20)11-12-29(23)22-10-7-19(25)13-21(22)26/h1-10,13,23H,11-12,15H2. The Morgan fingerprint density at radius 2 is 1.52 bits per heavy atom. The van der Waals surface area contributed by atoms with Crippen LogP contribution in [0.3, 0.4) is 0 Å². The number of hydrogen-bond donors (Lipinski definition) is 0. The molecular weight excluding hydrogens is 425 g/mol. The van der Waals surface area contributed by atoms with Gasteiger partial charge in [0.2, 0.25) is 0 Å². The van der Waals surface area contributed by atoms with Crippen molar-refractivity contribution in [2.45, 2.75) is 6.04 Å². The summed E-state index contributed by atoms with van der Waals surface area (Å²) in [4.78, 5) is 4.66. The summed E-state index contributed by atoms with van der Waals surface area (Å²) in [5, 5.41) is 11.0. The zero-order valence-corrected chi connectivity index (χ0v) is 17.8. The quantitative estimate of drug-likeness (QED) is 0.458. The van der Waals surface area contributed by atoms with Crippen LogP contribution in [-0.2, 0) is 0 Å². The van der Waals surface area contributed by atoms with Crippen molar-refractivity contribution in [2.24, 2.45) is 0 Å². The summed E-state index contributed by atoms with van der Waals surface area (Å²) in [6.45, 7) is 2.43. The molecule has 1 unspecified atom stereocenters. The second-order valence-electron chi connectivity index (χ2n) is 6.96. The van der Waals surface area contributed by atoms with Gasteiger partial charge in [-0.2, -0.15) is 5.26 Å². The Bertz CT molecular complexity index is 1040. The number of benzene rings is 3. The Balaban J connectivity index is 1.69. The van der Waals surface area contributed by atoms with Crippen LogP contribution in [0.2, 0.25) is 15.1 Å². The lowest BCUT2D eigenvalue weighted by Gasteiger charge is -2.44. The van der Waals surface area contributed by atoms with E-state index in [1.807, 2.05) is 48.5 Å². The van der Waals surface area contributed by atoms with Crippen LogP contribution in [0, 0.1) is 11.3 Å². The molecule has 29 heavy (non-hydrogen) atoms. The van der Waals surface area contributed by atoms with Crippen molar-refractivity contribution >= 4 is 46.2 Å². The van der Waals surface area contributed by atoms with Crippen LogP contribution in [-0.4, -0.2) is 19.6 Å². The highest BCUT2D eigenvalue weighted by Gasteiger charge is 2.30. The van der Waals surface area contributed by atoms with Crippen molar-refractivity contribution in [1.82, 2.24) is 0 Å². The molecule has 146 valence electrons. The Morgan fingerprint density at radius 3 is 2.17 bits per heavy atom. The molecule has 0 amide bonds. The third kappa shape index (κ3) is 4.31. The predicted octanol–water partition coefficient (Wildman–Crippen LogP) is 6.59. The maximum Gasteiger partial charge on any atom is 0.0991 e. The summed E-state index contributed by atoms with van der Waals surface area (Å²) in [6.07, 6.45) is 0. The van der Waals surface area contributed by atoms with Crippen LogP contribution < -0.4 is 9.80 Å². The second-order valence-corrected chi connectivity index (χ2v) is 8.24. The monoisotopic (exact) mass is 441 g/mol. The third-order valence-corrected chi connectivity index (χ3v) is 6.01. The molecule has 1 atom stereocenters. The van der Waals surface area contributed by atoms with Crippen molar-refractivity contribution in [3.63, 3.8) is 0 Å². The maximum absolute atomic E-state index is 9.06. The second kappa shape index (κ2) is 8.55. The molecule has 0 N–H and O–H groups in total. The Kier molecular flexibility index (Phi) is 5.87. The zero-order chi connectivity index (χ0) is 20.4. The fraction of sp³-hybridized carbons (Fsp3) is 0.174. The lowest BCUT2D eigenvalue weighted by atomic mass is 10.0. The summed E-state index contributed by atoms with van der Waals surface area (Å²) < 4.78 is 0. The van der Waals surface area contributed by atoms with Crippen LogP contribution in [0.4, 0.5) is 11.4 Å². The minimum Gasteiger partial charge on any atom is -0.367 e. The number of nitrogens with zero attached hydrogens (tertiary/aromatic N) is 3. The predicted molar refractivity (Wildman–Crippen MR) is 121 cm³/mol. The molecular formula is C23H18Cl3N3. The lowest BCUT2D eigenvalue weighted by Crippen LogP contribution is -2.48. The van der Waals surface area contributed by atoms with Gasteiger partial charge >= 0.3 is 0 Å². The van der Waals surface area contributed by atoms with E-state index >= 15 is 0 Å². The van der Waals surface area contributed by atoms with Gasteiger partial charge < -0.3 is 9.80 Å². The molecule has 1 aliphatic rings. The number of nitriles is 1. The number of anilines is 2. The van der Waals surface area contributed by atoms with E-state index in [0.29, 0.717) is 20.6 Å². The molecule has 0 spiro atoms. The van der Waals surface area contributed by atoms with Crippen molar-refractivity contribution in [1.29, 1.82) is 5.26 Å². The smallest absolute Gasteiger partial charge is 0.0991 e. The first-order chi connectivity index (χ1) is 14.0. The SMILES string of the molecule is N#Cc1ccc(N2CCN(c3ccc(Cl)cc3Cl)C(c3ccc(Cl)cc3)C2)cc1. The number of piperazine rings is 1. The van der Waals surface area contributed by atoms with E-state index in [1.165, 1.54) is 5.56 Å². The summed E-state index contributed by atoms with van der Waals surface area (Å²) >= 11 is 18.8. The zero-order valence-electron chi connectivity index (χ0n) is 15.5. The Hall–Kier alpha value is -2.38. The average Bonchev–Trinajstić information content (AvgIpc) is 2.74. The van der Waals surface area contributed by atoms with Gasteiger partial charge in [-0.25, -0.2) is 0 Å². The van der Waals surface area contributed by atoms with Crippen molar-refractivity contribution in [2.75, 3.05) is 29.4 Å². The van der Waals surface area contributed by atoms with Gasteiger partial charge in [0.25, 0.3) is 0 Å². The highest BCUT2D eigenvalue weighted by molar-refractivity contribution is 6.36. The van der Waals surface area contributed by atoms with E-state index in [1.54, 1.807) is 6.07 Å². The topological polar surface area (TPSA) is 30.3 Å². The molecule has 0 radical (unpaired) electrons. The van der Waals surface area contributed by atoms with Crippen molar-refractivity contribution in [3.05, 3.63) is 92.9 Å². The minimum atomic E-state index is 0.0929. The van der Waals surface area contributed by atoms with Gasteiger partial charge in [-0.3, -0.25) is 0 Å². The van der Waals surface area contributed by atoms with E-state index in [-0.39, 0.29) is 6.04 Å². The Morgan fingerprint density at radius 1 is 0.828 bits per heavy atom. The van der Waals surface area contributed by atoms with E-state index in [0.717, 1.165) is 31.0 Å². The van der Waals surface area contributed by atoms with Crippen LogP contribution in [0.5, 0.6) is 0 Å². The van der Waals surface area contributed by atoms with E-state index in [2.05, 4.69) is 28.0 Å². The summed E-state index contributed by atoms with van der Waals surface area (Å²) in [5.41, 5.74) is 3.90. The molecule has 4 rings (SSSR count). The molecule has 0 saturated carbocycles. The summed E-state index contributed by atoms with van der Waals surface area (Å²) in [6, 6.07) is 23.6. The van der Waals surface area contributed by atoms with Gasteiger partial charge in [0.15, 0.2) is 0 Å². The normalized spacial score (nSPS) is 16.6. The van der Waals surface area contributed by atoms with Gasteiger partial charge in [0.05, 0.1) is 28.4 Å². The highest BCUT2D eigenvalue weighted by Crippen LogP contribution is 2.37. The number of hydrogen-bond acceptors (Lipinski definition) is 3. The highest BCUT2D eigenvalue weighted by atomic mass is 35.5. The maximum atomic E-state index is 9.06. The van der Waals surface area contributed by atoms with Crippen molar-refractivity contribution in [3.8, 4) is 6.07 Å². The molecule has 1 aliphatic heterocycles. The van der Waals surface area contributed by atoms with Crippen LogP contribution in [0.15, 0.2) is 66.7 Å². The lowest BCUT2D eigenvalue weighted by molar-refractivity contribution is 0.539. The largest absolute Gasteiger partial charge is 0.367 e. The fourth-order valence-corrected chi connectivity index (χ4v) is 4.38. The molecule has 3 aromatic carbocycles. The average molecular weight is 443 g/mol. The first-order valence-electron chi connectivity index (χ1n) is 9.27. The molecule has 0 aromatic heterocycles. The third-order valence-electron chi connectivity index (χ3n) is 5.22. The van der Waals surface area contributed by atoms with Gasteiger partial charge in [-0.15, -0.1) is 0 Å². The molecule has 0 aliphatic carbocycles. The van der Waals surface area contributed by atoms with E-state index in [9.17, 15) is 0 Å². The van der Waals surface area contributed by atoms with Crippen LogP contribution >= 0.6 is 34.8 Å². The molecule has 1 fully saturated rings. The number of rotatable bonds is 3. The Labute approximate surface area is 185 Å². The van der Waals surface area contributed by atoms with E-state index < -0.39 is 0 Å². The fourth-order valence-electron chi connectivity index (χ4n) is 3.74. The molecule has 1 saturated heterocycles. The van der Waals surface area contributed by atoms with Crippen LogP contribution in [0.25, 0.3) is 0 Å². The summed E-state index contributed by atoms with van der Waals surface area (Å²) in [7, 11) is 0. The summed E-state index contributed by atoms with van der Waals surface area (Å²) in [5.74, 6) is 0. The first kappa shape index (κ1) is 19.9. The first-order valence-corrected chi connectivity index (χ1v) is 10.4. The van der Waals surface area contributed by atoms with Gasteiger partial charge in [-0.1, -0.05) is 46.9 Å². The van der Waals surface area contributed by atoms with Gasteiger partial charge in [0.1, 0.15) is 0 Å². The van der Waals surface area contributed by atoms with E-state index in [4.69, 9.17) is 40.1 Å². The molecule has 1 heterocycles. The van der Waals surface area contributed by atoms with Crippen LogP contribution in [0.1, 0.15) is 17.2 Å². The molecule has 3 nitrogen and oxygen atoms in total.